The summed E-state index contributed by atoms with van der Waals surface area (Å²) in [6.07, 6.45) is 1.36. The number of nitrogens with one attached hydrogen (secondary N) is 1. The molecule has 1 fully saturated rings. The first-order valence-corrected chi connectivity index (χ1v) is 9.95. The third-order valence-electron chi connectivity index (χ3n) is 4.66. The number of rotatable bonds is 5. The van der Waals surface area contributed by atoms with Gasteiger partial charge in [0.1, 0.15) is 17.1 Å². The van der Waals surface area contributed by atoms with Crippen LogP contribution in [0.5, 0.6) is 17.2 Å². The standard InChI is InChI=1S/C24H17FN2O4S/c1-30-21-14-15(7-12-20(21)25)13-19-22(28)26-24(32)27(23(19)29)16-8-10-18(11-9-16)31-17-5-3-2-4-6-17/h2-14H,1H3,(H,26,28,32)/b19-13+. The molecule has 0 aliphatic carbocycles. The number of halogens is 1. The van der Waals surface area contributed by atoms with E-state index in [2.05, 4.69) is 5.32 Å². The van der Waals surface area contributed by atoms with Crippen LogP contribution in [-0.2, 0) is 9.59 Å². The molecule has 0 unspecified atom stereocenters. The van der Waals surface area contributed by atoms with Crippen molar-refractivity contribution in [3.8, 4) is 17.2 Å². The van der Waals surface area contributed by atoms with Crippen LogP contribution in [0.1, 0.15) is 5.56 Å². The number of nitrogens with zero attached hydrogens (tertiary/aromatic N) is 1. The van der Waals surface area contributed by atoms with Crippen LogP contribution in [0.2, 0.25) is 0 Å². The molecular formula is C24H17FN2O4S. The topological polar surface area (TPSA) is 67.9 Å². The molecule has 160 valence electrons. The number of carbonyl (C=O) groups excluding carboxylic acids is 2. The molecule has 1 aliphatic rings. The first kappa shape index (κ1) is 21.2. The molecule has 0 aromatic heterocycles. The van der Waals surface area contributed by atoms with Gasteiger partial charge in [-0.15, -0.1) is 0 Å². The fourth-order valence-electron chi connectivity index (χ4n) is 3.11. The van der Waals surface area contributed by atoms with Crippen molar-refractivity contribution in [3.05, 3.63) is 89.8 Å². The summed E-state index contributed by atoms with van der Waals surface area (Å²) in [5, 5.41) is 2.48. The quantitative estimate of drug-likeness (QED) is 0.355. The van der Waals surface area contributed by atoms with Gasteiger partial charge in [-0.3, -0.25) is 19.8 Å². The molecule has 1 N–H and O–H groups in total. The van der Waals surface area contributed by atoms with Gasteiger partial charge in [0.25, 0.3) is 11.8 Å². The van der Waals surface area contributed by atoms with E-state index in [4.69, 9.17) is 21.7 Å². The second-order valence-corrected chi connectivity index (χ2v) is 7.15. The lowest BCUT2D eigenvalue weighted by molar-refractivity contribution is -0.122. The summed E-state index contributed by atoms with van der Waals surface area (Å²) < 4.78 is 24.4. The van der Waals surface area contributed by atoms with Crippen molar-refractivity contribution in [1.29, 1.82) is 0 Å². The van der Waals surface area contributed by atoms with Gasteiger partial charge in [0.2, 0.25) is 0 Å². The Morgan fingerprint density at radius 1 is 0.969 bits per heavy atom. The number of para-hydroxylation sites is 1. The monoisotopic (exact) mass is 448 g/mol. The van der Waals surface area contributed by atoms with Crippen LogP contribution in [-0.4, -0.2) is 24.0 Å². The average Bonchev–Trinajstić information content (AvgIpc) is 2.79. The second-order valence-electron chi connectivity index (χ2n) is 6.76. The fraction of sp³-hybridized carbons (Fsp3) is 0.0417. The van der Waals surface area contributed by atoms with E-state index in [0.29, 0.717) is 22.7 Å². The number of amides is 2. The van der Waals surface area contributed by atoms with Crippen molar-refractivity contribution < 1.29 is 23.5 Å². The van der Waals surface area contributed by atoms with Crippen molar-refractivity contribution in [2.24, 2.45) is 0 Å². The number of benzene rings is 3. The summed E-state index contributed by atoms with van der Waals surface area (Å²) in [6.45, 7) is 0. The zero-order valence-electron chi connectivity index (χ0n) is 16.9. The summed E-state index contributed by atoms with van der Waals surface area (Å²) in [4.78, 5) is 26.8. The van der Waals surface area contributed by atoms with Crippen molar-refractivity contribution in [1.82, 2.24) is 5.32 Å². The normalized spacial score (nSPS) is 15.0. The van der Waals surface area contributed by atoms with Crippen LogP contribution in [0.25, 0.3) is 6.08 Å². The molecule has 0 bridgehead atoms. The minimum atomic E-state index is -0.636. The van der Waals surface area contributed by atoms with E-state index in [1.807, 2.05) is 30.3 Å². The van der Waals surface area contributed by atoms with E-state index < -0.39 is 17.6 Å². The lowest BCUT2D eigenvalue weighted by atomic mass is 10.1. The van der Waals surface area contributed by atoms with Crippen LogP contribution in [0.4, 0.5) is 10.1 Å². The van der Waals surface area contributed by atoms with E-state index in [9.17, 15) is 14.0 Å². The number of ether oxygens (including phenoxy) is 2. The SMILES string of the molecule is COc1cc(/C=C2\C(=O)NC(=S)N(c3ccc(Oc4ccccc4)cc3)C2=O)ccc1F. The highest BCUT2D eigenvalue weighted by Gasteiger charge is 2.34. The maximum atomic E-state index is 13.7. The Bertz CT molecular complexity index is 1230. The highest BCUT2D eigenvalue weighted by Crippen LogP contribution is 2.27. The molecule has 2 amide bonds. The van der Waals surface area contributed by atoms with Crippen molar-refractivity contribution in [2.75, 3.05) is 12.0 Å². The van der Waals surface area contributed by atoms with Gasteiger partial charge in [0.05, 0.1) is 12.8 Å². The summed E-state index contributed by atoms with van der Waals surface area (Å²) in [7, 11) is 1.33. The number of anilines is 1. The molecule has 1 aliphatic heterocycles. The number of carbonyl (C=O) groups is 2. The number of thiocarbonyl (C=S) groups is 1. The van der Waals surface area contributed by atoms with E-state index in [0.717, 1.165) is 0 Å². The summed E-state index contributed by atoms with van der Waals surface area (Å²) in [6, 6.07) is 20.0. The molecule has 0 radical (unpaired) electrons. The molecule has 4 rings (SSSR count). The third kappa shape index (κ3) is 4.35. The molecule has 8 heteroatoms. The van der Waals surface area contributed by atoms with Gasteiger partial charge in [-0.05, 0) is 72.4 Å². The Morgan fingerprint density at radius 3 is 2.34 bits per heavy atom. The van der Waals surface area contributed by atoms with E-state index >= 15 is 0 Å². The molecule has 1 heterocycles. The molecule has 3 aromatic carbocycles. The molecule has 6 nitrogen and oxygen atoms in total. The van der Waals surface area contributed by atoms with Crippen LogP contribution < -0.4 is 19.7 Å². The molecule has 1 saturated heterocycles. The van der Waals surface area contributed by atoms with E-state index in [-0.39, 0.29) is 16.4 Å². The smallest absolute Gasteiger partial charge is 0.270 e. The summed E-state index contributed by atoms with van der Waals surface area (Å²) in [5.74, 6) is -0.521. The minimum absolute atomic E-state index is 0.00407. The van der Waals surface area contributed by atoms with Gasteiger partial charge in [0, 0.05) is 0 Å². The lowest BCUT2D eigenvalue weighted by Crippen LogP contribution is -2.54. The van der Waals surface area contributed by atoms with Crippen LogP contribution >= 0.6 is 12.2 Å². The van der Waals surface area contributed by atoms with Crippen molar-refractivity contribution in [3.63, 3.8) is 0 Å². The maximum Gasteiger partial charge on any atom is 0.270 e. The van der Waals surface area contributed by atoms with E-state index in [1.165, 1.54) is 36.3 Å². The van der Waals surface area contributed by atoms with Gasteiger partial charge in [0.15, 0.2) is 16.7 Å². The molecule has 3 aromatic rings. The van der Waals surface area contributed by atoms with Crippen molar-refractivity contribution >= 4 is 40.9 Å². The summed E-state index contributed by atoms with van der Waals surface area (Å²) in [5.41, 5.74) is 0.751. The Labute approximate surface area is 188 Å². The molecule has 0 atom stereocenters. The average molecular weight is 448 g/mol. The molecular weight excluding hydrogens is 431 g/mol. The molecule has 0 saturated carbocycles. The highest BCUT2D eigenvalue weighted by molar-refractivity contribution is 7.80. The van der Waals surface area contributed by atoms with Crippen LogP contribution in [0, 0.1) is 5.82 Å². The van der Waals surface area contributed by atoms with Gasteiger partial charge in [-0.1, -0.05) is 24.3 Å². The zero-order valence-corrected chi connectivity index (χ0v) is 17.7. The Balaban J connectivity index is 1.61. The first-order valence-electron chi connectivity index (χ1n) is 9.54. The van der Waals surface area contributed by atoms with Gasteiger partial charge in [-0.25, -0.2) is 4.39 Å². The largest absolute Gasteiger partial charge is 0.494 e. The zero-order chi connectivity index (χ0) is 22.7. The van der Waals surface area contributed by atoms with Crippen molar-refractivity contribution in [2.45, 2.75) is 0 Å². The Kier molecular flexibility index (Phi) is 5.96. The predicted octanol–water partition coefficient (Wildman–Crippen LogP) is 4.46. The molecule has 0 spiro atoms. The van der Waals surface area contributed by atoms with E-state index in [1.54, 1.807) is 24.3 Å². The Morgan fingerprint density at radius 2 is 1.66 bits per heavy atom. The Hall–Kier alpha value is -4.04. The lowest BCUT2D eigenvalue weighted by Gasteiger charge is -2.29. The van der Waals surface area contributed by atoms with Gasteiger partial charge < -0.3 is 9.47 Å². The summed E-state index contributed by atoms with van der Waals surface area (Å²) >= 11 is 5.22. The first-order chi connectivity index (χ1) is 15.5. The number of methoxy groups -OCH3 is 1. The maximum absolute atomic E-state index is 13.7. The highest BCUT2D eigenvalue weighted by atomic mass is 32.1. The van der Waals surface area contributed by atoms with Gasteiger partial charge in [-0.2, -0.15) is 0 Å². The van der Waals surface area contributed by atoms with Gasteiger partial charge >= 0.3 is 0 Å². The fourth-order valence-corrected chi connectivity index (χ4v) is 3.39. The van der Waals surface area contributed by atoms with Crippen LogP contribution in [0.15, 0.2) is 78.4 Å². The molecule has 32 heavy (non-hydrogen) atoms. The third-order valence-corrected chi connectivity index (χ3v) is 4.95. The minimum Gasteiger partial charge on any atom is -0.494 e. The number of hydrogen-bond donors (Lipinski definition) is 1. The second kappa shape index (κ2) is 8.99. The predicted molar refractivity (Wildman–Crippen MR) is 122 cm³/mol. The van der Waals surface area contributed by atoms with Crippen LogP contribution in [0.3, 0.4) is 0 Å². The number of hydrogen-bond acceptors (Lipinski definition) is 5.